The highest BCUT2D eigenvalue weighted by molar-refractivity contribution is 7.92. The summed E-state index contributed by atoms with van der Waals surface area (Å²) >= 11 is 0. The van der Waals surface area contributed by atoms with Crippen LogP contribution in [-0.4, -0.2) is 18.4 Å². The summed E-state index contributed by atoms with van der Waals surface area (Å²) in [7, 11) is -3.74. The lowest BCUT2D eigenvalue weighted by molar-refractivity contribution is 0.596. The van der Waals surface area contributed by atoms with Crippen LogP contribution < -0.4 is 4.72 Å². The van der Waals surface area contributed by atoms with Crippen LogP contribution in [0.25, 0.3) is 10.9 Å². The first kappa shape index (κ1) is 14.1. The summed E-state index contributed by atoms with van der Waals surface area (Å²) in [5, 5.41) is 1.01. The number of anilines is 1. The molecule has 6 heteroatoms. The monoisotopic (exact) mass is 325 g/mol. The summed E-state index contributed by atoms with van der Waals surface area (Å²) in [6, 6.07) is 12.8. The van der Waals surface area contributed by atoms with E-state index in [2.05, 4.69) is 14.7 Å². The zero-order valence-corrected chi connectivity index (χ0v) is 13.1. The fraction of sp³-hybridized carbons (Fsp3) is 0.176. The predicted octanol–water partition coefficient (Wildman–Crippen LogP) is 3.31. The molecule has 0 radical (unpaired) electrons. The van der Waals surface area contributed by atoms with Gasteiger partial charge in [-0.2, -0.15) is 8.42 Å². The molecule has 5 nitrogen and oxygen atoms in total. The molecule has 1 aliphatic carbocycles. The average molecular weight is 325 g/mol. The van der Waals surface area contributed by atoms with Gasteiger partial charge < -0.3 is 0 Å². The van der Waals surface area contributed by atoms with Crippen LogP contribution in [0.5, 0.6) is 0 Å². The Morgan fingerprint density at radius 1 is 0.957 bits per heavy atom. The number of nitrogens with zero attached hydrogens (tertiary/aromatic N) is 2. The summed E-state index contributed by atoms with van der Waals surface area (Å²) in [5.41, 5.74) is 1.89. The van der Waals surface area contributed by atoms with Gasteiger partial charge in [-0.25, -0.2) is 4.98 Å². The van der Waals surface area contributed by atoms with Crippen molar-refractivity contribution in [2.45, 2.75) is 23.8 Å². The van der Waals surface area contributed by atoms with E-state index in [4.69, 9.17) is 0 Å². The van der Waals surface area contributed by atoms with Crippen LogP contribution >= 0.6 is 0 Å². The summed E-state index contributed by atoms with van der Waals surface area (Å²) in [4.78, 5) is 8.40. The molecule has 23 heavy (non-hydrogen) atoms. The fourth-order valence-electron chi connectivity index (χ4n) is 2.71. The molecule has 2 aromatic heterocycles. The molecule has 0 atom stereocenters. The Bertz CT molecular complexity index is 977. The first-order valence-corrected chi connectivity index (χ1v) is 8.95. The van der Waals surface area contributed by atoms with Gasteiger partial charge in [0.1, 0.15) is 0 Å². The lowest BCUT2D eigenvalue weighted by Gasteiger charge is -2.12. The molecule has 0 aliphatic heterocycles. The number of sulfonamides is 1. The van der Waals surface area contributed by atoms with E-state index in [0.29, 0.717) is 17.1 Å². The molecule has 3 aromatic rings. The predicted molar refractivity (Wildman–Crippen MR) is 88.8 cm³/mol. The number of nitrogens with one attached hydrogen (secondary N) is 1. The minimum absolute atomic E-state index is 0.121. The minimum Gasteiger partial charge on any atom is -0.276 e. The van der Waals surface area contributed by atoms with Gasteiger partial charge in [0.2, 0.25) is 0 Å². The van der Waals surface area contributed by atoms with Gasteiger partial charge in [0.15, 0.2) is 5.03 Å². The van der Waals surface area contributed by atoms with Crippen LogP contribution in [0.4, 0.5) is 5.69 Å². The average Bonchev–Trinajstić information content (AvgIpc) is 3.40. The van der Waals surface area contributed by atoms with Crippen LogP contribution in [0.1, 0.15) is 24.3 Å². The molecular weight excluding hydrogens is 310 g/mol. The van der Waals surface area contributed by atoms with E-state index in [1.54, 1.807) is 18.3 Å². The third-order valence-electron chi connectivity index (χ3n) is 3.95. The zero-order valence-electron chi connectivity index (χ0n) is 12.3. The van der Waals surface area contributed by atoms with Crippen molar-refractivity contribution >= 4 is 26.6 Å². The topological polar surface area (TPSA) is 72.0 Å². The molecule has 2 heterocycles. The molecule has 1 aliphatic rings. The van der Waals surface area contributed by atoms with Gasteiger partial charge in [-0.1, -0.05) is 24.3 Å². The maximum absolute atomic E-state index is 12.8. The summed E-state index contributed by atoms with van der Waals surface area (Å²) < 4.78 is 28.2. The van der Waals surface area contributed by atoms with E-state index in [1.807, 2.05) is 30.3 Å². The molecule has 0 bridgehead atoms. The molecule has 0 amide bonds. The van der Waals surface area contributed by atoms with Crippen molar-refractivity contribution in [3.8, 4) is 0 Å². The molecule has 1 aromatic carbocycles. The number of hydrogen-bond acceptors (Lipinski definition) is 4. The molecule has 1 saturated carbocycles. The van der Waals surface area contributed by atoms with Gasteiger partial charge in [0.05, 0.1) is 11.2 Å². The third-order valence-corrected chi connectivity index (χ3v) is 5.29. The lowest BCUT2D eigenvalue weighted by Crippen LogP contribution is -2.16. The molecule has 1 N–H and O–H groups in total. The molecule has 4 rings (SSSR count). The Balaban J connectivity index is 1.78. The van der Waals surface area contributed by atoms with Crippen LogP contribution in [0.2, 0.25) is 0 Å². The van der Waals surface area contributed by atoms with Crippen LogP contribution in [0.15, 0.2) is 59.9 Å². The normalized spacial score (nSPS) is 14.8. The van der Waals surface area contributed by atoms with Gasteiger partial charge in [-0.3, -0.25) is 9.71 Å². The molecular formula is C17H15N3O2S. The van der Waals surface area contributed by atoms with E-state index in [0.717, 1.165) is 23.8 Å². The van der Waals surface area contributed by atoms with E-state index in [1.165, 1.54) is 6.20 Å². The number of hydrogen-bond donors (Lipinski definition) is 1. The highest BCUT2D eigenvalue weighted by Crippen LogP contribution is 2.42. The number of rotatable bonds is 4. The Kier molecular flexibility index (Phi) is 3.27. The summed E-state index contributed by atoms with van der Waals surface area (Å²) in [5.74, 6) is 0.306. The van der Waals surface area contributed by atoms with Gasteiger partial charge in [-0.15, -0.1) is 0 Å². The maximum atomic E-state index is 12.8. The minimum atomic E-state index is -3.74. The van der Waals surface area contributed by atoms with Gasteiger partial charge in [-0.05, 0) is 42.5 Å². The second kappa shape index (κ2) is 5.31. The second-order valence-electron chi connectivity index (χ2n) is 5.66. The smallest absolute Gasteiger partial charge is 0.276 e. The second-order valence-corrected chi connectivity index (χ2v) is 7.26. The first-order chi connectivity index (χ1) is 11.1. The molecule has 0 spiro atoms. The van der Waals surface area contributed by atoms with Crippen molar-refractivity contribution in [3.05, 3.63) is 60.4 Å². The Morgan fingerprint density at radius 2 is 1.70 bits per heavy atom. The van der Waals surface area contributed by atoms with Crippen LogP contribution in [-0.2, 0) is 10.0 Å². The molecule has 0 saturated heterocycles. The SMILES string of the molecule is O=S(=O)(Nc1cccc2cccnc12)c1ncccc1C1CC1. The highest BCUT2D eigenvalue weighted by atomic mass is 32.2. The zero-order chi connectivity index (χ0) is 15.9. The number of aromatic nitrogens is 2. The third kappa shape index (κ3) is 2.66. The number of fused-ring (bicyclic) bond motifs is 1. The lowest BCUT2D eigenvalue weighted by atomic mass is 10.2. The van der Waals surface area contributed by atoms with E-state index < -0.39 is 10.0 Å². The Hall–Kier alpha value is -2.47. The van der Waals surface area contributed by atoms with E-state index in [-0.39, 0.29) is 5.03 Å². The van der Waals surface area contributed by atoms with Crippen molar-refractivity contribution in [2.24, 2.45) is 0 Å². The van der Waals surface area contributed by atoms with Gasteiger partial charge in [0, 0.05) is 17.8 Å². The first-order valence-electron chi connectivity index (χ1n) is 7.47. The Morgan fingerprint density at radius 3 is 2.52 bits per heavy atom. The van der Waals surface area contributed by atoms with Crippen LogP contribution in [0.3, 0.4) is 0 Å². The number of benzene rings is 1. The quantitative estimate of drug-likeness (QED) is 0.799. The van der Waals surface area contributed by atoms with Gasteiger partial charge in [0.25, 0.3) is 10.0 Å². The number of para-hydroxylation sites is 1. The van der Waals surface area contributed by atoms with Crippen molar-refractivity contribution in [1.82, 2.24) is 9.97 Å². The maximum Gasteiger partial charge on any atom is 0.279 e. The van der Waals surface area contributed by atoms with E-state index >= 15 is 0 Å². The fourth-order valence-corrected chi connectivity index (χ4v) is 4.01. The number of pyridine rings is 2. The van der Waals surface area contributed by atoms with Crippen molar-refractivity contribution in [1.29, 1.82) is 0 Å². The Labute approximate surface area is 134 Å². The molecule has 1 fully saturated rings. The van der Waals surface area contributed by atoms with Crippen molar-refractivity contribution in [3.63, 3.8) is 0 Å². The molecule has 116 valence electrons. The van der Waals surface area contributed by atoms with E-state index in [9.17, 15) is 8.42 Å². The highest BCUT2D eigenvalue weighted by Gasteiger charge is 2.31. The van der Waals surface area contributed by atoms with Crippen molar-refractivity contribution in [2.75, 3.05) is 4.72 Å². The largest absolute Gasteiger partial charge is 0.279 e. The van der Waals surface area contributed by atoms with Crippen molar-refractivity contribution < 1.29 is 8.42 Å². The van der Waals surface area contributed by atoms with Gasteiger partial charge >= 0.3 is 0 Å². The van der Waals surface area contributed by atoms with Crippen LogP contribution in [0, 0.1) is 0 Å². The standard InChI is InChI=1S/C17H15N3O2S/c21-23(22,17-14(12-8-9-12)6-3-11-19-17)20-15-7-1-4-13-5-2-10-18-16(13)15/h1-7,10-12,20H,8-9H2. The summed E-state index contributed by atoms with van der Waals surface area (Å²) in [6.45, 7) is 0. The molecule has 0 unspecified atom stereocenters. The summed E-state index contributed by atoms with van der Waals surface area (Å²) in [6.07, 6.45) is 5.20.